The first-order valence-electron chi connectivity index (χ1n) is 10.1. The molecule has 0 aliphatic carbocycles. The monoisotopic (exact) mass is 511 g/mol. The smallest absolute Gasteiger partial charge is 0.345 e. The van der Waals surface area contributed by atoms with E-state index >= 15 is 0 Å². The van der Waals surface area contributed by atoms with E-state index in [1.54, 1.807) is 30.5 Å². The number of hydrazone groups is 1. The summed E-state index contributed by atoms with van der Waals surface area (Å²) in [7, 11) is 1.49. The van der Waals surface area contributed by atoms with E-state index in [1.807, 2.05) is 37.3 Å². The fourth-order valence-corrected chi connectivity index (χ4v) is 4.40. The predicted octanol–water partition coefficient (Wildman–Crippen LogP) is 7.10. The maximum absolute atomic E-state index is 12.5. The molecule has 172 valence electrons. The number of esters is 1. The lowest BCUT2D eigenvalue weighted by atomic mass is 10.1. The second-order valence-corrected chi connectivity index (χ2v) is 9.13. The fourth-order valence-electron chi connectivity index (χ4n) is 3.13. The first-order valence-corrected chi connectivity index (χ1v) is 11.7. The molecule has 0 fully saturated rings. The average molecular weight is 512 g/mol. The third-order valence-corrected chi connectivity index (χ3v) is 6.18. The lowest BCUT2D eigenvalue weighted by molar-refractivity contribution is 0.0730. The van der Waals surface area contributed by atoms with Crippen LogP contribution in [0.4, 0.5) is 5.13 Å². The van der Waals surface area contributed by atoms with Gasteiger partial charge in [-0.2, -0.15) is 5.10 Å². The number of carbonyl (C=O) groups excluding carboxylic acids is 1. The van der Waals surface area contributed by atoms with Crippen molar-refractivity contribution in [1.82, 2.24) is 4.98 Å². The molecule has 6 nitrogen and oxygen atoms in total. The van der Waals surface area contributed by atoms with E-state index in [2.05, 4.69) is 15.5 Å². The molecule has 34 heavy (non-hydrogen) atoms. The quantitative estimate of drug-likeness (QED) is 0.124. The summed E-state index contributed by atoms with van der Waals surface area (Å²) in [5, 5.41) is 5.60. The number of halogens is 2. The summed E-state index contributed by atoms with van der Waals surface area (Å²) >= 11 is 13.5. The van der Waals surface area contributed by atoms with Crippen molar-refractivity contribution in [3.63, 3.8) is 0 Å². The molecule has 0 bridgehead atoms. The first kappa shape index (κ1) is 23.8. The number of hydrogen-bond acceptors (Lipinski definition) is 7. The lowest BCUT2D eigenvalue weighted by Crippen LogP contribution is -2.10. The van der Waals surface area contributed by atoms with E-state index < -0.39 is 5.97 Å². The Morgan fingerprint density at radius 3 is 2.59 bits per heavy atom. The topological polar surface area (TPSA) is 72.8 Å². The van der Waals surface area contributed by atoms with Gasteiger partial charge in [-0.25, -0.2) is 9.78 Å². The van der Waals surface area contributed by atoms with Crippen LogP contribution in [0.5, 0.6) is 11.5 Å². The highest BCUT2D eigenvalue weighted by atomic mass is 35.5. The van der Waals surface area contributed by atoms with Crippen LogP contribution in [0.2, 0.25) is 10.0 Å². The number of nitrogens with zero attached hydrogens (tertiary/aromatic N) is 2. The van der Waals surface area contributed by atoms with Crippen LogP contribution in [0.3, 0.4) is 0 Å². The number of aromatic nitrogens is 1. The zero-order chi connectivity index (χ0) is 24.1. The Balaban J connectivity index is 1.45. The Morgan fingerprint density at radius 2 is 1.85 bits per heavy atom. The number of benzene rings is 3. The number of nitrogens with one attached hydrogen (secondary N) is 1. The zero-order valence-electron chi connectivity index (χ0n) is 18.2. The number of thiazole rings is 1. The fraction of sp³-hybridized carbons (Fsp3) is 0.0800. The minimum absolute atomic E-state index is 0.205. The van der Waals surface area contributed by atoms with Crippen LogP contribution < -0.4 is 14.9 Å². The third kappa shape index (κ3) is 5.56. The van der Waals surface area contributed by atoms with Gasteiger partial charge < -0.3 is 9.47 Å². The van der Waals surface area contributed by atoms with Crippen LogP contribution in [-0.4, -0.2) is 24.3 Å². The molecular weight excluding hydrogens is 493 g/mol. The number of aryl methyl sites for hydroxylation is 1. The molecular formula is C25H19Cl2N3O3S. The molecule has 0 radical (unpaired) electrons. The van der Waals surface area contributed by atoms with Crippen LogP contribution in [0, 0.1) is 6.92 Å². The molecule has 0 atom stereocenters. The van der Waals surface area contributed by atoms with Crippen LogP contribution in [0.25, 0.3) is 11.3 Å². The molecule has 0 saturated carbocycles. The summed E-state index contributed by atoms with van der Waals surface area (Å²) < 4.78 is 10.9. The summed E-state index contributed by atoms with van der Waals surface area (Å²) in [4.78, 5) is 18.2. The summed E-state index contributed by atoms with van der Waals surface area (Å²) in [5.41, 5.74) is 5.90. The molecule has 1 N–H and O–H groups in total. The largest absolute Gasteiger partial charge is 0.493 e. The SMILES string of the molecule is COc1cc(/C=N\Nc2nc(-c3ccccc3)c(C)s2)ccc1OC(=O)c1ccc(Cl)cc1Cl. The molecule has 0 unspecified atom stereocenters. The van der Waals surface area contributed by atoms with Crippen LogP contribution in [-0.2, 0) is 0 Å². The molecule has 0 saturated heterocycles. The van der Waals surface area contributed by atoms with Gasteiger partial charge in [-0.05, 0) is 48.9 Å². The molecule has 9 heteroatoms. The van der Waals surface area contributed by atoms with E-state index in [4.69, 9.17) is 32.7 Å². The molecule has 4 aromatic rings. The normalized spacial score (nSPS) is 10.9. The van der Waals surface area contributed by atoms with E-state index in [0.717, 1.165) is 21.7 Å². The van der Waals surface area contributed by atoms with Gasteiger partial charge >= 0.3 is 5.97 Å². The molecule has 1 heterocycles. The van der Waals surface area contributed by atoms with Gasteiger partial charge in [0.2, 0.25) is 5.13 Å². The average Bonchev–Trinajstić information content (AvgIpc) is 3.20. The van der Waals surface area contributed by atoms with E-state index in [9.17, 15) is 4.79 Å². The molecule has 0 spiro atoms. The summed E-state index contributed by atoms with van der Waals surface area (Å²) in [5.74, 6) is 0.0157. The van der Waals surface area contributed by atoms with Gasteiger partial charge in [-0.15, -0.1) is 11.3 Å². The minimum atomic E-state index is -0.614. The van der Waals surface area contributed by atoms with Gasteiger partial charge in [0.25, 0.3) is 0 Å². The standard InChI is InChI=1S/C25H19Cl2N3O3S/c1-15-23(17-6-4-3-5-7-17)29-25(34-15)30-28-14-16-8-11-21(22(12-16)32-2)33-24(31)19-10-9-18(26)13-20(19)27/h3-14H,1-2H3,(H,29,30)/b28-14-. The zero-order valence-corrected chi connectivity index (χ0v) is 20.5. The lowest BCUT2D eigenvalue weighted by Gasteiger charge is -2.10. The van der Waals surface area contributed by atoms with Crippen molar-refractivity contribution in [1.29, 1.82) is 0 Å². The Morgan fingerprint density at radius 1 is 1.06 bits per heavy atom. The highest BCUT2D eigenvalue weighted by molar-refractivity contribution is 7.16. The van der Waals surface area contributed by atoms with E-state index in [1.165, 1.54) is 30.6 Å². The Bertz CT molecular complexity index is 1360. The molecule has 3 aromatic carbocycles. The summed E-state index contributed by atoms with van der Waals surface area (Å²) in [6, 6.07) is 19.6. The number of methoxy groups -OCH3 is 1. The van der Waals surface area contributed by atoms with Gasteiger partial charge in [0.05, 0.1) is 29.6 Å². The van der Waals surface area contributed by atoms with Crippen LogP contribution >= 0.6 is 34.5 Å². The van der Waals surface area contributed by atoms with Gasteiger partial charge in [-0.3, -0.25) is 5.43 Å². The van der Waals surface area contributed by atoms with Gasteiger partial charge in [0.15, 0.2) is 11.5 Å². The first-order chi connectivity index (χ1) is 16.4. The number of ether oxygens (including phenoxy) is 2. The third-order valence-electron chi connectivity index (χ3n) is 4.76. The van der Waals surface area contributed by atoms with Crippen molar-refractivity contribution in [2.75, 3.05) is 12.5 Å². The Kier molecular flexibility index (Phi) is 7.47. The Labute approximate surface area is 210 Å². The number of rotatable bonds is 7. The highest BCUT2D eigenvalue weighted by Gasteiger charge is 2.16. The molecule has 1 aromatic heterocycles. The second-order valence-electron chi connectivity index (χ2n) is 7.08. The maximum atomic E-state index is 12.5. The summed E-state index contributed by atoms with van der Waals surface area (Å²) in [6.45, 7) is 2.02. The number of hydrogen-bond donors (Lipinski definition) is 1. The number of carbonyl (C=O) groups is 1. The van der Waals surface area contributed by atoms with Crippen molar-refractivity contribution < 1.29 is 14.3 Å². The van der Waals surface area contributed by atoms with Gasteiger partial charge in [0, 0.05) is 15.5 Å². The van der Waals surface area contributed by atoms with E-state index in [0.29, 0.717) is 15.9 Å². The molecule has 0 aliphatic heterocycles. The van der Waals surface area contributed by atoms with E-state index in [-0.39, 0.29) is 16.3 Å². The van der Waals surface area contributed by atoms with Crippen molar-refractivity contribution in [3.05, 3.63) is 92.8 Å². The molecule has 4 rings (SSSR count). The van der Waals surface area contributed by atoms with Crippen LogP contribution in [0.15, 0.2) is 71.8 Å². The van der Waals surface area contributed by atoms with Gasteiger partial charge in [-0.1, -0.05) is 53.5 Å². The highest BCUT2D eigenvalue weighted by Crippen LogP contribution is 2.31. The van der Waals surface area contributed by atoms with Crippen molar-refractivity contribution in [2.24, 2.45) is 5.10 Å². The Hall–Kier alpha value is -3.39. The van der Waals surface area contributed by atoms with Crippen molar-refractivity contribution >= 4 is 51.9 Å². The summed E-state index contributed by atoms with van der Waals surface area (Å²) in [6.07, 6.45) is 1.63. The predicted molar refractivity (Wildman–Crippen MR) is 138 cm³/mol. The van der Waals surface area contributed by atoms with Crippen LogP contribution in [0.1, 0.15) is 20.8 Å². The van der Waals surface area contributed by atoms with Gasteiger partial charge in [0.1, 0.15) is 0 Å². The minimum Gasteiger partial charge on any atom is -0.493 e. The van der Waals surface area contributed by atoms with Crippen molar-refractivity contribution in [3.8, 4) is 22.8 Å². The maximum Gasteiger partial charge on any atom is 0.345 e. The molecule has 0 aliphatic rings. The second kappa shape index (κ2) is 10.7. The molecule has 0 amide bonds. The number of anilines is 1. The van der Waals surface area contributed by atoms with Crippen molar-refractivity contribution in [2.45, 2.75) is 6.92 Å².